The molecule has 25 heavy (non-hydrogen) atoms. The number of hydrogen-bond donors (Lipinski definition) is 1. The van der Waals surface area contributed by atoms with Gasteiger partial charge in [0.15, 0.2) is 6.10 Å². The summed E-state index contributed by atoms with van der Waals surface area (Å²) in [6.07, 6.45) is -1.09. The molecule has 0 spiro atoms. The van der Waals surface area contributed by atoms with Crippen LogP contribution in [0.5, 0.6) is 0 Å². The molecule has 1 N–H and O–H groups in total. The molecule has 130 valence electrons. The number of halogens is 2. The van der Waals surface area contributed by atoms with Crippen LogP contribution in [0.4, 0.5) is 11.4 Å². The van der Waals surface area contributed by atoms with Gasteiger partial charge in [-0.05, 0) is 37.3 Å². The van der Waals surface area contributed by atoms with Gasteiger partial charge in [-0.3, -0.25) is 14.9 Å². The Balaban J connectivity index is 2.01. The van der Waals surface area contributed by atoms with Crippen molar-refractivity contribution in [3.05, 3.63) is 67.6 Å². The zero-order valence-electron chi connectivity index (χ0n) is 12.9. The monoisotopic (exact) mass is 426 g/mol. The third-order valence-electron chi connectivity index (χ3n) is 3.15. The van der Waals surface area contributed by atoms with Crippen LogP contribution in [0.15, 0.2) is 46.9 Å². The number of non-ortho nitro benzene ring substituents is 1. The molecule has 0 aromatic heterocycles. The number of carbonyl (C=O) groups is 2. The van der Waals surface area contributed by atoms with E-state index in [1.165, 1.54) is 43.3 Å². The van der Waals surface area contributed by atoms with Gasteiger partial charge in [-0.2, -0.15) is 0 Å². The molecule has 2 aromatic rings. The van der Waals surface area contributed by atoms with Crippen molar-refractivity contribution in [2.24, 2.45) is 0 Å². The van der Waals surface area contributed by atoms with E-state index in [1.54, 1.807) is 6.07 Å². The van der Waals surface area contributed by atoms with E-state index in [0.717, 1.165) is 0 Å². The van der Waals surface area contributed by atoms with Crippen molar-refractivity contribution in [1.82, 2.24) is 0 Å². The van der Waals surface area contributed by atoms with Gasteiger partial charge < -0.3 is 10.1 Å². The van der Waals surface area contributed by atoms with Crippen molar-refractivity contribution < 1.29 is 19.2 Å². The van der Waals surface area contributed by atoms with E-state index in [4.69, 9.17) is 16.3 Å². The zero-order valence-corrected chi connectivity index (χ0v) is 15.2. The zero-order chi connectivity index (χ0) is 18.6. The standard InChI is InChI=1S/C16H12BrClN2O5/c1-9(25-16(22)13-8-10(17)2-7-14(13)18)15(21)19-11-3-5-12(6-4-11)20(23)24/h2-9H,1H3,(H,19,21). The predicted octanol–water partition coefficient (Wildman–Crippen LogP) is 4.19. The molecule has 0 fully saturated rings. The summed E-state index contributed by atoms with van der Waals surface area (Å²) in [4.78, 5) is 34.3. The second-order valence-electron chi connectivity index (χ2n) is 4.96. The number of anilines is 1. The minimum atomic E-state index is -1.09. The highest BCUT2D eigenvalue weighted by molar-refractivity contribution is 9.10. The molecule has 1 atom stereocenters. The summed E-state index contributed by atoms with van der Waals surface area (Å²) in [5.41, 5.74) is 0.381. The van der Waals surface area contributed by atoms with Gasteiger partial charge in [0.1, 0.15) is 0 Å². The second kappa shape index (κ2) is 8.09. The predicted molar refractivity (Wildman–Crippen MR) is 95.8 cm³/mol. The number of nitro benzene ring substituents is 1. The van der Waals surface area contributed by atoms with Gasteiger partial charge in [-0.25, -0.2) is 4.79 Å². The van der Waals surface area contributed by atoms with Crippen LogP contribution >= 0.6 is 27.5 Å². The summed E-state index contributed by atoms with van der Waals surface area (Å²) in [6, 6.07) is 9.98. The topological polar surface area (TPSA) is 98.5 Å². The molecule has 1 unspecified atom stereocenters. The molecular formula is C16H12BrClN2O5. The Labute approximate surface area is 156 Å². The Hall–Kier alpha value is -2.45. The van der Waals surface area contributed by atoms with E-state index in [2.05, 4.69) is 21.2 Å². The van der Waals surface area contributed by atoms with Crippen LogP contribution in [-0.2, 0) is 9.53 Å². The van der Waals surface area contributed by atoms with Gasteiger partial charge >= 0.3 is 5.97 Å². The largest absolute Gasteiger partial charge is 0.449 e. The lowest BCUT2D eigenvalue weighted by atomic mass is 10.2. The highest BCUT2D eigenvalue weighted by Gasteiger charge is 2.21. The lowest BCUT2D eigenvalue weighted by Crippen LogP contribution is -2.30. The van der Waals surface area contributed by atoms with Gasteiger partial charge in [0.05, 0.1) is 15.5 Å². The number of rotatable bonds is 5. The Morgan fingerprint density at radius 2 is 1.88 bits per heavy atom. The van der Waals surface area contributed by atoms with Crippen LogP contribution < -0.4 is 5.32 Å². The van der Waals surface area contributed by atoms with Gasteiger partial charge in [-0.15, -0.1) is 0 Å². The van der Waals surface area contributed by atoms with E-state index in [1.807, 2.05) is 0 Å². The fourth-order valence-electron chi connectivity index (χ4n) is 1.84. The maximum atomic E-state index is 12.1. The van der Waals surface area contributed by atoms with E-state index < -0.39 is 22.9 Å². The van der Waals surface area contributed by atoms with E-state index >= 15 is 0 Å². The SMILES string of the molecule is CC(OC(=O)c1cc(Br)ccc1Cl)C(=O)Nc1ccc([N+](=O)[O-])cc1. The number of hydrogen-bond acceptors (Lipinski definition) is 5. The number of esters is 1. The molecule has 0 aliphatic carbocycles. The first-order valence-electron chi connectivity index (χ1n) is 6.99. The molecule has 0 bridgehead atoms. The average molecular weight is 428 g/mol. The Bertz CT molecular complexity index is 826. The molecule has 0 heterocycles. The molecule has 0 aliphatic heterocycles. The number of nitrogens with one attached hydrogen (secondary N) is 1. The lowest BCUT2D eigenvalue weighted by Gasteiger charge is -2.14. The molecule has 2 rings (SSSR count). The smallest absolute Gasteiger partial charge is 0.340 e. The first-order chi connectivity index (χ1) is 11.8. The summed E-state index contributed by atoms with van der Waals surface area (Å²) in [7, 11) is 0. The highest BCUT2D eigenvalue weighted by atomic mass is 79.9. The van der Waals surface area contributed by atoms with Crippen molar-refractivity contribution in [3.8, 4) is 0 Å². The van der Waals surface area contributed by atoms with Crippen molar-refractivity contribution in [2.45, 2.75) is 13.0 Å². The van der Waals surface area contributed by atoms with Crippen LogP contribution in [0.3, 0.4) is 0 Å². The van der Waals surface area contributed by atoms with Crippen molar-refractivity contribution in [1.29, 1.82) is 0 Å². The van der Waals surface area contributed by atoms with Crippen LogP contribution in [0.25, 0.3) is 0 Å². The number of amides is 1. The van der Waals surface area contributed by atoms with Crippen molar-refractivity contribution in [2.75, 3.05) is 5.32 Å². The summed E-state index contributed by atoms with van der Waals surface area (Å²) in [6.45, 7) is 1.41. The minimum Gasteiger partial charge on any atom is -0.449 e. The lowest BCUT2D eigenvalue weighted by molar-refractivity contribution is -0.384. The van der Waals surface area contributed by atoms with Crippen LogP contribution in [0.1, 0.15) is 17.3 Å². The van der Waals surface area contributed by atoms with E-state index in [-0.39, 0.29) is 16.3 Å². The molecule has 0 radical (unpaired) electrons. The number of carbonyl (C=O) groups excluding carboxylic acids is 2. The molecule has 0 aliphatic rings. The van der Waals surface area contributed by atoms with Gasteiger partial charge in [0, 0.05) is 22.3 Å². The molecule has 2 aromatic carbocycles. The van der Waals surface area contributed by atoms with Gasteiger partial charge in [-0.1, -0.05) is 27.5 Å². The first kappa shape index (κ1) is 18.9. The summed E-state index contributed by atoms with van der Waals surface area (Å²) in [5, 5.41) is 13.3. The third kappa shape index (κ3) is 5.01. The van der Waals surface area contributed by atoms with Crippen LogP contribution in [0, 0.1) is 10.1 Å². The Kier molecular flexibility index (Phi) is 6.11. The molecule has 9 heteroatoms. The fraction of sp³-hybridized carbons (Fsp3) is 0.125. The van der Waals surface area contributed by atoms with E-state index in [9.17, 15) is 19.7 Å². The minimum absolute atomic E-state index is 0.0956. The average Bonchev–Trinajstić information content (AvgIpc) is 2.57. The molecular weight excluding hydrogens is 416 g/mol. The Morgan fingerprint density at radius 3 is 2.48 bits per heavy atom. The van der Waals surface area contributed by atoms with Gasteiger partial charge in [0.25, 0.3) is 11.6 Å². The number of nitro groups is 1. The molecule has 0 saturated carbocycles. The highest BCUT2D eigenvalue weighted by Crippen LogP contribution is 2.22. The van der Waals surface area contributed by atoms with Crippen molar-refractivity contribution in [3.63, 3.8) is 0 Å². The van der Waals surface area contributed by atoms with Crippen molar-refractivity contribution >= 4 is 50.8 Å². The third-order valence-corrected chi connectivity index (χ3v) is 3.97. The summed E-state index contributed by atoms with van der Waals surface area (Å²) in [5.74, 6) is -1.31. The maximum Gasteiger partial charge on any atom is 0.340 e. The van der Waals surface area contributed by atoms with Gasteiger partial charge in [0.2, 0.25) is 0 Å². The number of ether oxygens (including phenoxy) is 1. The number of nitrogens with zero attached hydrogens (tertiary/aromatic N) is 1. The molecule has 1 amide bonds. The van der Waals surface area contributed by atoms with E-state index in [0.29, 0.717) is 10.2 Å². The maximum absolute atomic E-state index is 12.1. The number of benzene rings is 2. The molecule has 7 nitrogen and oxygen atoms in total. The molecule has 0 saturated heterocycles. The second-order valence-corrected chi connectivity index (χ2v) is 6.29. The van der Waals surface area contributed by atoms with Crippen LogP contribution in [-0.4, -0.2) is 22.9 Å². The summed E-state index contributed by atoms with van der Waals surface area (Å²) < 4.78 is 5.75. The normalized spacial score (nSPS) is 11.5. The summed E-state index contributed by atoms with van der Waals surface area (Å²) >= 11 is 9.17. The Morgan fingerprint density at radius 1 is 1.24 bits per heavy atom. The van der Waals surface area contributed by atoms with Crippen LogP contribution in [0.2, 0.25) is 5.02 Å². The quantitative estimate of drug-likeness (QED) is 0.438. The first-order valence-corrected chi connectivity index (χ1v) is 8.16. The fourth-order valence-corrected chi connectivity index (χ4v) is 2.40.